The molecule has 1 aliphatic heterocycles. The Balaban J connectivity index is 2.22. The van der Waals surface area contributed by atoms with E-state index < -0.39 is 1.47 Å². The molecule has 16 heavy (non-hydrogen) atoms. The Morgan fingerprint density at radius 1 is 1.31 bits per heavy atom. The second-order valence-electron chi connectivity index (χ2n) is 2.75. The molecule has 1 heterocycles. The van der Waals surface area contributed by atoms with E-state index in [-0.39, 0.29) is 5.91 Å². The number of carbonyl (C=O) groups excluding carboxylic acids is 1. The van der Waals surface area contributed by atoms with E-state index in [1.165, 1.54) is 15.7 Å². The standard InChI is InChI=1S/C8H4Br3NO2S2/c9-8(10,11)15-12-7(13)5-3-1-2-4-6(5)14-16-12/h1-4H. The zero-order valence-corrected chi connectivity index (χ0v) is 13.9. The predicted molar refractivity (Wildman–Crippen MR) is 77.9 cm³/mol. The molecule has 0 bridgehead atoms. The molecular formula is C8H4Br3NO2S2. The molecule has 0 aromatic heterocycles. The van der Waals surface area contributed by atoms with E-state index in [2.05, 4.69) is 47.8 Å². The number of hydrogen-bond donors (Lipinski definition) is 0. The van der Waals surface area contributed by atoms with Crippen LogP contribution in [0, 0.1) is 0 Å². The van der Waals surface area contributed by atoms with Crippen molar-refractivity contribution in [3.63, 3.8) is 0 Å². The predicted octanol–water partition coefficient (Wildman–Crippen LogP) is 4.53. The first-order valence-electron chi connectivity index (χ1n) is 4.01. The van der Waals surface area contributed by atoms with Gasteiger partial charge in [0.2, 0.25) is 0 Å². The zero-order valence-electron chi connectivity index (χ0n) is 7.52. The highest BCUT2D eigenvalue weighted by molar-refractivity contribution is 9.42. The topological polar surface area (TPSA) is 29.5 Å². The highest BCUT2D eigenvalue weighted by Gasteiger charge is 2.33. The molecule has 1 aliphatic rings. The molecule has 2 rings (SSSR count). The van der Waals surface area contributed by atoms with Crippen LogP contribution >= 0.6 is 72.0 Å². The molecule has 1 aromatic carbocycles. The number of para-hydroxylation sites is 1. The van der Waals surface area contributed by atoms with Crippen molar-refractivity contribution in [1.82, 2.24) is 3.71 Å². The van der Waals surface area contributed by atoms with E-state index in [1.54, 1.807) is 12.1 Å². The number of benzene rings is 1. The summed E-state index contributed by atoms with van der Waals surface area (Å²) < 4.78 is 6.26. The minimum Gasteiger partial charge on any atom is -0.404 e. The van der Waals surface area contributed by atoms with Crippen molar-refractivity contribution in [3.8, 4) is 5.75 Å². The van der Waals surface area contributed by atoms with Crippen LogP contribution in [-0.2, 0) is 0 Å². The van der Waals surface area contributed by atoms with Gasteiger partial charge in [0.05, 0.1) is 5.56 Å². The van der Waals surface area contributed by atoms with Crippen LogP contribution in [0.4, 0.5) is 0 Å². The molecular weight excluding hydrogens is 446 g/mol. The van der Waals surface area contributed by atoms with Crippen LogP contribution in [0.3, 0.4) is 0 Å². The van der Waals surface area contributed by atoms with Gasteiger partial charge >= 0.3 is 0 Å². The Bertz CT molecular complexity index is 424. The van der Waals surface area contributed by atoms with Gasteiger partial charge in [-0.05, 0) is 59.9 Å². The summed E-state index contributed by atoms with van der Waals surface area (Å²) in [6.45, 7) is 0. The van der Waals surface area contributed by atoms with Crippen molar-refractivity contribution in [2.45, 2.75) is 1.47 Å². The summed E-state index contributed by atoms with van der Waals surface area (Å²) in [4.78, 5) is 12.0. The molecule has 0 fully saturated rings. The van der Waals surface area contributed by atoms with E-state index in [1.807, 2.05) is 12.1 Å². The molecule has 0 aliphatic carbocycles. The van der Waals surface area contributed by atoms with Crippen molar-refractivity contribution in [3.05, 3.63) is 29.8 Å². The number of fused-ring (bicyclic) bond motifs is 1. The van der Waals surface area contributed by atoms with Crippen LogP contribution in [0.15, 0.2) is 24.3 Å². The fourth-order valence-electron chi connectivity index (χ4n) is 1.07. The van der Waals surface area contributed by atoms with Crippen LogP contribution < -0.4 is 4.18 Å². The lowest BCUT2D eigenvalue weighted by molar-refractivity contribution is 0.0923. The summed E-state index contributed by atoms with van der Waals surface area (Å²) in [6.07, 6.45) is 0. The number of nitrogens with zero attached hydrogens (tertiary/aromatic N) is 1. The first-order valence-corrected chi connectivity index (χ1v) is 7.86. The van der Waals surface area contributed by atoms with Crippen molar-refractivity contribution in [1.29, 1.82) is 0 Å². The monoisotopic (exact) mass is 447 g/mol. The largest absolute Gasteiger partial charge is 0.404 e. The lowest BCUT2D eigenvalue weighted by Gasteiger charge is -2.27. The second kappa shape index (κ2) is 5.09. The third kappa shape index (κ3) is 3.10. The van der Waals surface area contributed by atoms with E-state index in [4.69, 9.17) is 4.18 Å². The maximum absolute atomic E-state index is 12.0. The summed E-state index contributed by atoms with van der Waals surface area (Å²) in [5.41, 5.74) is 0.561. The van der Waals surface area contributed by atoms with Gasteiger partial charge < -0.3 is 4.18 Å². The average molecular weight is 450 g/mol. The molecule has 0 atom stereocenters. The molecule has 0 radical (unpaired) electrons. The van der Waals surface area contributed by atoms with Crippen molar-refractivity contribution >= 4 is 77.9 Å². The Morgan fingerprint density at radius 2 is 2.00 bits per heavy atom. The van der Waals surface area contributed by atoms with Gasteiger partial charge in [-0.25, -0.2) is 0 Å². The molecule has 0 N–H and O–H groups in total. The molecule has 0 saturated carbocycles. The van der Waals surface area contributed by atoms with E-state index in [9.17, 15) is 4.79 Å². The molecule has 8 heteroatoms. The van der Waals surface area contributed by atoms with Crippen molar-refractivity contribution < 1.29 is 8.98 Å². The molecule has 1 amide bonds. The van der Waals surface area contributed by atoms with E-state index in [0.717, 1.165) is 12.2 Å². The lowest BCUT2D eigenvalue weighted by atomic mass is 10.2. The fraction of sp³-hybridized carbons (Fsp3) is 0.125. The van der Waals surface area contributed by atoms with Gasteiger partial charge in [0.15, 0.2) is 19.5 Å². The normalized spacial score (nSPS) is 15.7. The molecule has 86 valence electrons. The molecule has 0 saturated heterocycles. The SMILES string of the molecule is O=C1c2ccccc2OSN1SC(Br)(Br)Br. The summed E-state index contributed by atoms with van der Waals surface area (Å²) in [5.74, 6) is 0.498. The summed E-state index contributed by atoms with van der Waals surface area (Å²) >= 11 is 12.2. The van der Waals surface area contributed by atoms with Crippen molar-refractivity contribution in [2.75, 3.05) is 0 Å². The maximum Gasteiger partial charge on any atom is 0.280 e. The van der Waals surface area contributed by atoms with Gasteiger partial charge in [-0.15, -0.1) is 0 Å². The van der Waals surface area contributed by atoms with Crippen molar-refractivity contribution in [2.24, 2.45) is 0 Å². The number of hydrogen-bond acceptors (Lipinski definition) is 4. The summed E-state index contributed by atoms with van der Waals surface area (Å²) in [5, 5.41) is 0. The van der Waals surface area contributed by atoms with Crippen LogP contribution in [0.2, 0.25) is 0 Å². The highest BCUT2D eigenvalue weighted by Crippen LogP contribution is 2.50. The molecule has 1 aromatic rings. The molecule has 0 unspecified atom stereocenters. The van der Waals surface area contributed by atoms with Gasteiger partial charge in [0, 0.05) is 11.9 Å². The number of halogens is 3. The number of alkyl halides is 3. The highest BCUT2D eigenvalue weighted by atomic mass is 80.0. The van der Waals surface area contributed by atoms with Crippen LogP contribution in [0.5, 0.6) is 5.75 Å². The van der Waals surface area contributed by atoms with Crippen LogP contribution in [0.1, 0.15) is 10.4 Å². The van der Waals surface area contributed by atoms with Gasteiger partial charge in [0.1, 0.15) is 0 Å². The lowest BCUT2D eigenvalue weighted by Crippen LogP contribution is -2.25. The quantitative estimate of drug-likeness (QED) is 0.358. The van der Waals surface area contributed by atoms with Crippen LogP contribution in [-0.4, -0.2) is 11.1 Å². The smallest absolute Gasteiger partial charge is 0.280 e. The first kappa shape index (κ1) is 13.1. The van der Waals surface area contributed by atoms with Gasteiger partial charge in [0.25, 0.3) is 5.91 Å². The Morgan fingerprint density at radius 3 is 2.69 bits per heavy atom. The average Bonchev–Trinajstić information content (AvgIpc) is 2.21. The number of rotatable bonds is 1. The summed E-state index contributed by atoms with van der Waals surface area (Å²) in [6, 6.07) is 7.15. The third-order valence-electron chi connectivity index (χ3n) is 1.66. The Labute approximate surface area is 127 Å². The van der Waals surface area contributed by atoms with E-state index in [0.29, 0.717) is 11.3 Å². The maximum atomic E-state index is 12.0. The van der Waals surface area contributed by atoms with Gasteiger partial charge in [-0.2, -0.15) is 3.71 Å². The second-order valence-corrected chi connectivity index (χ2v) is 13.2. The van der Waals surface area contributed by atoms with Gasteiger partial charge in [-0.3, -0.25) is 4.79 Å². The number of carbonyl (C=O) groups is 1. The minimum atomic E-state index is -0.578. The first-order chi connectivity index (χ1) is 7.47. The Hall–Kier alpha value is 0.630. The fourth-order valence-corrected chi connectivity index (χ4v) is 4.62. The summed E-state index contributed by atoms with van der Waals surface area (Å²) in [7, 11) is 0. The van der Waals surface area contributed by atoms with E-state index >= 15 is 0 Å². The Kier molecular flexibility index (Phi) is 4.16. The zero-order chi connectivity index (χ0) is 11.8. The van der Waals surface area contributed by atoms with Gasteiger partial charge in [-0.1, -0.05) is 12.1 Å². The third-order valence-corrected chi connectivity index (χ3v) is 4.47. The minimum absolute atomic E-state index is 0.0976. The number of amides is 1. The molecule has 0 spiro atoms. The van der Waals surface area contributed by atoms with Crippen LogP contribution in [0.25, 0.3) is 0 Å². The molecule has 3 nitrogen and oxygen atoms in total.